The van der Waals surface area contributed by atoms with E-state index in [9.17, 15) is 0 Å². The van der Waals surface area contributed by atoms with Crippen molar-refractivity contribution in [1.29, 1.82) is 0 Å². The van der Waals surface area contributed by atoms with Gasteiger partial charge in [-0.1, -0.05) is 25.1 Å². The van der Waals surface area contributed by atoms with Gasteiger partial charge in [0.1, 0.15) is 6.04 Å². The standard InChI is InChI=1S/C25H28N4OS/c1-2-18-10-12-19(13-11-18)29-24(23(27-25(29)31)21-8-3-4-14-26-21)22-9-5-15-28(22)17-20-7-6-16-30-20/h3-5,8-15,20,23-24H,2,6-7,16-17H2,1H3,(H,27,31)/t20-,23-,24-/m0/s1. The molecule has 0 saturated carbocycles. The Kier molecular flexibility index (Phi) is 5.74. The van der Waals surface area contributed by atoms with E-state index in [0.29, 0.717) is 0 Å². The Bertz CT molecular complexity index is 1030. The van der Waals surface area contributed by atoms with Crippen molar-refractivity contribution in [2.45, 2.75) is 50.9 Å². The van der Waals surface area contributed by atoms with Crippen LogP contribution in [0.2, 0.25) is 0 Å². The third kappa shape index (κ3) is 3.98. The number of hydrogen-bond acceptors (Lipinski definition) is 3. The third-order valence-electron chi connectivity index (χ3n) is 6.31. The maximum absolute atomic E-state index is 5.93. The van der Waals surface area contributed by atoms with Gasteiger partial charge < -0.3 is 19.5 Å². The molecule has 4 heterocycles. The predicted octanol–water partition coefficient (Wildman–Crippen LogP) is 4.80. The van der Waals surface area contributed by atoms with E-state index in [2.05, 4.69) is 75.4 Å². The zero-order chi connectivity index (χ0) is 21.2. The van der Waals surface area contributed by atoms with Gasteiger partial charge in [0.05, 0.1) is 17.8 Å². The number of hydrogen-bond donors (Lipinski definition) is 1. The van der Waals surface area contributed by atoms with E-state index < -0.39 is 0 Å². The highest BCUT2D eigenvalue weighted by Crippen LogP contribution is 2.41. The maximum atomic E-state index is 5.93. The molecule has 1 aromatic carbocycles. The van der Waals surface area contributed by atoms with E-state index in [-0.39, 0.29) is 18.2 Å². The molecule has 0 aliphatic carbocycles. The average molecular weight is 433 g/mol. The van der Waals surface area contributed by atoms with Crippen molar-refractivity contribution in [1.82, 2.24) is 14.9 Å². The van der Waals surface area contributed by atoms with Crippen LogP contribution >= 0.6 is 12.2 Å². The second-order valence-corrected chi connectivity index (χ2v) is 8.62. The normalized spacial score (nSPS) is 23.3. The quantitative estimate of drug-likeness (QED) is 0.567. The van der Waals surface area contributed by atoms with E-state index in [0.717, 1.165) is 48.9 Å². The summed E-state index contributed by atoms with van der Waals surface area (Å²) in [7, 11) is 0. The summed E-state index contributed by atoms with van der Waals surface area (Å²) in [5.74, 6) is 0. The molecular weight excluding hydrogens is 404 g/mol. The van der Waals surface area contributed by atoms with Crippen molar-refractivity contribution in [3.8, 4) is 0 Å². The molecule has 3 aromatic rings. The fraction of sp³-hybridized carbons (Fsp3) is 0.360. The molecule has 5 rings (SSSR count). The van der Waals surface area contributed by atoms with Gasteiger partial charge in [-0.2, -0.15) is 0 Å². The summed E-state index contributed by atoms with van der Waals surface area (Å²) >= 11 is 5.85. The first-order valence-corrected chi connectivity index (χ1v) is 11.5. The van der Waals surface area contributed by atoms with Gasteiger partial charge in [-0.3, -0.25) is 4.98 Å². The van der Waals surface area contributed by atoms with Crippen molar-refractivity contribution >= 4 is 23.0 Å². The van der Waals surface area contributed by atoms with Crippen LogP contribution in [-0.2, 0) is 17.7 Å². The van der Waals surface area contributed by atoms with Crippen LogP contribution < -0.4 is 10.2 Å². The lowest BCUT2D eigenvalue weighted by Crippen LogP contribution is -2.31. The van der Waals surface area contributed by atoms with Gasteiger partial charge in [-0.05, 0) is 73.4 Å². The van der Waals surface area contributed by atoms with Crippen LogP contribution in [0.25, 0.3) is 0 Å². The first-order valence-electron chi connectivity index (χ1n) is 11.1. The highest BCUT2D eigenvalue weighted by Gasteiger charge is 2.42. The number of thiocarbonyl (C=S) groups is 1. The number of nitrogens with one attached hydrogen (secondary N) is 1. The second-order valence-electron chi connectivity index (χ2n) is 8.24. The average Bonchev–Trinajstić information content (AvgIpc) is 3.55. The molecular formula is C25H28N4OS. The maximum Gasteiger partial charge on any atom is 0.174 e. The smallest absolute Gasteiger partial charge is 0.174 e. The Balaban J connectivity index is 1.56. The van der Waals surface area contributed by atoms with Gasteiger partial charge in [-0.15, -0.1) is 0 Å². The number of nitrogens with zero attached hydrogens (tertiary/aromatic N) is 3. The van der Waals surface area contributed by atoms with Crippen LogP contribution in [0.5, 0.6) is 0 Å². The van der Waals surface area contributed by atoms with E-state index in [1.165, 1.54) is 11.3 Å². The van der Waals surface area contributed by atoms with Gasteiger partial charge in [0, 0.05) is 36.9 Å². The number of aryl methyl sites for hydroxylation is 1. The van der Waals surface area contributed by atoms with Crippen LogP contribution in [0.4, 0.5) is 5.69 Å². The van der Waals surface area contributed by atoms with E-state index in [4.69, 9.17) is 17.0 Å². The molecule has 160 valence electrons. The van der Waals surface area contributed by atoms with Crippen LogP contribution in [0.3, 0.4) is 0 Å². The van der Waals surface area contributed by atoms with Gasteiger partial charge >= 0.3 is 0 Å². The number of anilines is 1. The summed E-state index contributed by atoms with van der Waals surface area (Å²) in [6, 6.07) is 19.1. The summed E-state index contributed by atoms with van der Waals surface area (Å²) in [4.78, 5) is 6.91. The Labute approximate surface area is 189 Å². The summed E-state index contributed by atoms with van der Waals surface area (Å²) < 4.78 is 8.26. The Morgan fingerprint density at radius 2 is 2.00 bits per heavy atom. The molecule has 0 amide bonds. The molecule has 5 nitrogen and oxygen atoms in total. The number of pyridine rings is 1. The van der Waals surface area contributed by atoms with Crippen LogP contribution in [0.1, 0.15) is 48.8 Å². The van der Waals surface area contributed by atoms with Gasteiger partial charge in [0.2, 0.25) is 0 Å². The van der Waals surface area contributed by atoms with Crippen LogP contribution in [0, 0.1) is 0 Å². The molecule has 2 aliphatic rings. The highest BCUT2D eigenvalue weighted by molar-refractivity contribution is 7.80. The van der Waals surface area contributed by atoms with Crippen molar-refractivity contribution in [3.05, 3.63) is 83.9 Å². The molecule has 0 bridgehead atoms. The summed E-state index contributed by atoms with van der Waals surface area (Å²) in [6.45, 7) is 3.90. The summed E-state index contributed by atoms with van der Waals surface area (Å²) in [6.07, 6.45) is 7.56. The first-order chi connectivity index (χ1) is 15.2. The first kappa shape index (κ1) is 20.2. The van der Waals surface area contributed by atoms with E-state index in [1.807, 2.05) is 18.3 Å². The van der Waals surface area contributed by atoms with Crippen LogP contribution in [-0.4, -0.2) is 27.4 Å². The largest absolute Gasteiger partial charge is 0.376 e. The third-order valence-corrected chi connectivity index (χ3v) is 6.63. The number of aromatic nitrogens is 2. The lowest BCUT2D eigenvalue weighted by molar-refractivity contribution is 0.0961. The lowest BCUT2D eigenvalue weighted by Gasteiger charge is -2.29. The Morgan fingerprint density at radius 1 is 1.13 bits per heavy atom. The van der Waals surface area contributed by atoms with Gasteiger partial charge in [0.25, 0.3) is 0 Å². The molecule has 2 aromatic heterocycles. The Hall–Kier alpha value is -2.70. The van der Waals surface area contributed by atoms with Crippen LogP contribution in [0.15, 0.2) is 67.0 Å². The molecule has 2 fully saturated rings. The summed E-state index contributed by atoms with van der Waals surface area (Å²) in [5, 5.41) is 4.29. The van der Waals surface area contributed by atoms with E-state index in [1.54, 1.807) is 0 Å². The van der Waals surface area contributed by atoms with Crippen molar-refractivity contribution in [2.24, 2.45) is 0 Å². The Morgan fingerprint density at radius 3 is 2.71 bits per heavy atom. The number of benzene rings is 1. The highest BCUT2D eigenvalue weighted by atomic mass is 32.1. The van der Waals surface area contributed by atoms with Gasteiger partial charge in [-0.25, -0.2) is 0 Å². The second kappa shape index (κ2) is 8.81. The molecule has 3 atom stereocenters. The minimum atomic E-state index is -0.0299. The van der Waals surface area contributed by atoms with Gasteiger partial charge in [0.15, 0.2) is 5.11 Å². The molecule has 0 radical (unpaired) electrons. The zero-order valence-electron chi connectivity index (χ0n) is 17.8. The molecule has 0 spiro atoms. The fourth-order valence-electron chi connectivity index (χ4n) is 4.70. The number of rotatable bonds is 6. The molecule has 0 unspecified atom stereocenters. The predicted molar refractivity (Wildman–Crippen MR) is 127 cm³/mol. The number of ether oxygens (including phenoxy) is 1. The molecule has 2 aliphatic heterocycles. The molecule has 6 heteroatoms. The SMILES string of the molecule is CCc1ccc(N2C(=S)N[C@@H](c3ccccn3)[C@@H]2c2cccn2C[C@@H]2CCCO2)cc1. The topological polar surface area (TPSA) is 42.3 Å². The monoisotopic (exact) mass is 432 g/mol. The minimum Gasteiger partial charge on any atom is -0.376 e. The molecule has 1 N–H and O–H groups in total. The minimum absolute atomic E-state index is 0.00581. The van der Waals surface area contributed by atoms with Crippen molar-refractivity contribution < 1.29 is 4.74 Å². The van der Waals surface area contributed by atoms with Crippen molar-refractivity contribution in [2.75, 3.05) is 11.5 Å². The fourth-order valence-corrected chi connectivity index (χ4v) is 5.04. The van der Waals surface area contributed by atoms with Crippen molar-refractivity contribution in [3.63, 3.8) is 0 Å². The zero-order valence-corrected chi connectivity index (χ0v) is 18.6. The van der Waals surface area contributed by atoms with E-state index >= 15 is 0 Å². The summed E-state index contributed by atoms with van der Waals surface area (Å²) in [5.41, 5.74) is 4.63. The molecule has 31 heavy (non-hydrogen) atoms. The molecule has 2 saturated heterocycles. The lowest BCUT2D eigenvalue weighted by atomic mass is 10.0.